The van der Waals surface area contributed by atoms with Gasteiger partial charge in [0.25, 0.3) is 0 Å². The van der Waals surface area contributed by atoms with E-state index in [9.17, 15) is 4.79 Å². The van der Waals surface area contributed by atoms with E-state index in [1.165, 1.54) is 11.1 Å². The van der Waals surface area contributed by atoms with Crippen molar-refractivity contribution in [3.8, 4) is 0 Å². The van der Waals surface area contributed by atoms with Crippen LogP contribution in [0.1, 0.15) is 36.9 Å². The smallest absolute Gasteiger partial charge is 0.238 e. The van der Waals surface area contributed by atoms with E-state index in [2.05, 4.69) is 17.4 Å². The number of alkyl halides is 1. The normalized spacial score (nSPS) is 21.0. The lowest BCUT2D eigenvalue weighted by Gasteiger charge is -2.26. The lowest BCUT2D eigenvalue weighted by atomic mass is 9.88. The van der Waals surface area contributed by atoms with Crippen molar-refractivity contribution in [1.29, 1.82) is 0 Å². The van der Waals surface area contributed by atoms with Gasteiger partial charge in [-0.25, -0.2) is 0 Å². The Hall–Kier alpha value is -1.02. The molecule has 1 aromatic carbocycles. The lowest BCUT2D eigenvalue weighted by Crippen LogP contribution is -2.35. The number of aryl methyl sites for hydroxylation is 1. The molecule has 16 heavy (non-hydrogen) atoms. The number of benzene rings is 1. The van der Waals surface area contributed by atoms with Gasteiger partial charge in [0.05, 0.1) is 6.04 Å². The molecule has 0 saturated carbocycles. The average Bonchev–Trinajstić information content (AvgIpc) is 2.29. The Labute approximate surface area is 101 Å². The monoisotopic (exact) mass is 237 g/mol. The van der Waals surface area contributed by atoms with Gasteiger partial charge in [-0.15, -0.1) is 11.6 Å². The van der Waals surface area contributed by atoms with E-state index in [4.69, 9.17) is 11.6 Å². The summed E-state index contributed by atoms with van der Waals surface area (Å²) in [5.74, 6) is -0.0802. The molecule has 2 nitrogen and oxygen atoms in total. The van der Waals surface area contributed by atoms with Crippen LogP contribution in [-0.4, -0.2) is 11.3 Å². The molecular weight excluding hydrogens is 222 g/mol. The molecule has 1 amide bonds. The van der Waals surface area contributed by atoms with Gasteiger partial charge in [-0.3, -0.25) is 4.79 Å². The van der Waals surface area contributed by atoms with Crippen LogP contribution < -0.4 is 5.32 Å². The Morgan fingerprint density at radius 1 is 1.50 bits per heavy atom. The van der Waals surface area contributed by atoms with Crippen LogP contribution in [0.4, 0.5) is 0 Å². The first-order valence-corrected chi connectivity index (χ1v) is 6.14. The van der Waals surface area contributed by atoms with Gasteiger partial charge in [-0.05, 0) is 37.3 Å². The van der Waals surface area contributed by atoms with Crippen molar-refractivity contribution < 1.29 is 4.79 Å². The molecule has 1 N–H and O–H groups in total. The van der Waals surface area contributed by atoms with E-state index in [0.717, 1.165) is 19.3 Å². The highest BCUT2D eigenvalue weighted by Crippen LogP contribution is 2.29. The number of carbonyl (C=O) groups excluding carboxylic acids is 1. The largest absolute Gasteiger partial charge is 0.348 e. The van der Waals surface area contributed by atoms with Gasteiger partial charge in [0.15, 0.2) is 0 Å². The van der Waals surface area contributed by atoms with Crippen LogP contribution in [0.25, 0.3) is 0 Å². The number of rotatable bonds is 2. The molecule has 1 aliphatic carbocycles. The molecule has 3 heteroatoms. The summed E-state index contributed by atoms with van der Waals surface area (Å²) in [4.78, 5) is 11.6. The second-order valence-corrected chi connectivity index (χ2v) is 4.92. The summed E-state index contributed by atoms with van der Waals surface area (Å²) < 4.78 is 0. The quantitative estimate of drug-likeness (QED) is 0.788. The van der Waals surface area contributed by atoms with Crippen LogP contribution in [0, 0.1) is 0 Å². The number of hydrogen-bond donors (Lipinski definition) is 1. The van der Waals surface area contributed by atoms with Crippen molar-refractivity contribution in [2.75, 3.05) is 0 Å². The molecule has 0 bridgehead atoms. The van der Waals surface area contributed by atoms with Crippen molar-refractivity contribution in [2.45, 2.75) is 37.6 Å². The molecule has 0 unspecified atom stereocenters. The Balaban J connectivity index is 2.16. The maximum absolute atomic E-state index is 11.6. The average molecular weight is 238 g/mol. The van der Waals surface area contributed by atoms with Crippen molar-refractivity contribution in [3.63, 3.8) is 0 Å². The Kier molecular flexibility index (Phi) is 3.49. The predicted octanol–water partition coefficient (Wildman–Crippen LogP) is 2.81. The topological polar surface area (TPSA) is 29.1 Å². The van der Waals surface area contributed by atoms with E-state index in [1.54, 1.807) is 6.92 Å². The standard InChI is InChI=1S/C13H16ClNO/c1-9(14)13(16)15-12-8-4-6-10-5-2-3-7-11(10)12/h2-3,5,7,9,12H,4,6,8H2,1H3,(H,15,16)/t9-,12+/m1/s1. The van der Waals surface area contributed by atoms with E-state index >= 15 is 0 Å². The van der Waals surface area contributed by atoms with Gasteiger partial charge in [0.2, 0.25) is 5.91 Å². The molecule has 0 spiro atoms. The molecule has 0 aromatic heterocycles. The number of halogens is 1. The number of hydrogen-bond acceptors (Lipinski definition) is 1. The second kappa shape index (κ2) is 4.88. The number of carbonyl (C=O) groups is 1. The molecule has 1 aliphatic rings. The third-order valence-corrected chi connectivity index (χ3v) is 3.25. The zero-order valence-corrected chi connectivity index (χ0v) is 10.1. The molecular formula is C13H16ClNO. The van der Waals surface area contributed by atoms with Gasteiger partial charge in [0, 0.05) is 0 Å². The minimum Gasteiger partial charge on any atom is -0.348 e. The summed E-state index contributed by atoms with van der Waals surface area (Å²) in [5, 5.41) is 2.54. The molecule has 0 saturated heterocycles. The number of amides is 1. The van der Waals surface area contributed by atoms with Gasteiger partial charge in [0.1, 0.15) is 5.38 Å². The van der Waals surface area contributed by atoms with Crippen LogP contribution in [0.5, 0.6) is 0 Å². The van der Waals surface area contributed by atoms with Crippen LogP contribution in [0.15, 0.2) is 24.3 Å². The molecule has 86 valence electrons. The maximum Gasteiger partial charge on any atom is 0.238 e. The highest BCUT2D eigenvalue weighted by Gasteiger charge is 2.22. The lowest BCUT2D eigenvalue weighted by molar-refractivity contribution is -0.121. The third-order valence-electron chi connectivity index (χ3n) is 3.05. The summed E-state index contributed by atoms with van der Waals surface area (Å²) in [6.45, 7) is 1.70. The van der Waals surface area contributed by atoms with E-state index in [1.807, 2.05) is 12.1 Å². The minimum atomic E-state index is -0.464. The van der Waals surface area contributed by atoms with E-state index in [0.29, 0.717) is 0 Å². The number of nitrogens with one attached hydrogen (secondary N) is 1. The molecule has 0 fully saturated rings. The summed E-state index contributed by atoms with van der Waals surface area (Å²) in [7, 11) is 0. The first kappa shape index (κ1) is 11.5. The third kappa shape index (κ3) is 2.38. The van der Waals surface area contributed by atoms with E-state index < -0.39 is 5.38 Å². The molecule has 0 aliphatic heterocycles. The van der Waals surface area contributed by atoms with Crippen LogP contribution in [-0.2, 0) is 11.2 Å². The fourth-order valence-corrected chi connectivity index (χ4v) is 2.25. The van der Waals surface area contributed by atoms with Crippen LogP contribution in [0.3, 0.4) is 0 Å². The fraction of sp³-hybridized carbons (Fsp3) is 0.462. The molecule has 1 aromatic rings. The van der Waals surface area contributed by atoms with Crippen molar-refractivity contribution in [2.24, 2.45) is 0 Å². The summed E-state index contributed by atoms with van der Waals surface area (Å²) in [6.07, 6.45) is 3.24. The molecule has 0 heterocycles. The van der Waals surface area contributed by atoms with Crippen molar-refractivity contribution >= 4 is 17.5 Å². The van der Waals surface area contributed by atoms with Crippen molar-refractivity contribution in [1.82, 2.24) is 5.32 Å². The highest BCUT2D eigenvalue weighted by molar-refractivity contribution is 6.30. The highest BCUT2D eigenvalue weighted by atomic mass is 35.5. The van der Waals surface area contributed by atoms with Gasteiger partial charge >= 0.3 is 0 Å². The molecule has 2 rings (SSSR count). The molecule has 0 radical (unpaired) electrons. The zero-order valence-electron chi connectivity index (χ0n) is 9.37. The zero-order chi connectivity index (χ0) is 11.5. The predicted molar refractivity (Wildman–Crippen MR) is 65.6 cm³/mol. The first-order valence-electron chi connectivity index (χ1n) is 5.70. The Morgan fingerprint density at radius 3 is 3.00 bits per heavy atom. The molecule has 2 atom stereocenters. The summed E-state index contributed by atoms with van der Waals surface area (Å²) in [6, 6.07) is 8.44. The summed E-state index contributed by atoms with van der Waals surface area (Å²) in [5.41, 5.74) is 2.60. The van der Waals surface area contributed by atoms with Crippen molar-refractivity contribution in [3.05, 3.63) is 35.4 Å². The Morgan fingerprint density at radius 2 is 2.25 bits per heavy atom. The first-order chi connectivity index (χ1) is 7.68. The Bertz CT molecular complexity index is 389. The number of fused-ring (bicyclic) bond motifs is 1. The fourth-order valence-electron chi connectivity index (χ4n) is 2.19. The van der Waals surface area contributed by atoms with Crippen LogP contribution in [0.2, 0.25) is 0 Å². The van der Waals surface area contributed by atoms with E-state index in [-0.39, 0.29) is 11.9 Å². The SMILES string of the molecule is C[C@@H](Cl)C(=O)N[C@H]1CCCc2ccccc21. The summed E-state index contributed by atoms with van der Waals surface area (Å²) >= 11 is 5.76. The maximum atomic E-state index is 11.6. The van der Waals surface area contributed by atoms with Gasteiger partial charge < -0.3 is 5.32 Å². The van der Waals surface area contributed by atoms with Crippen LogP contribution >= 0.6 is 11.6 Å². The van der Waals surface area contributed by atoms with Gasteiger partial charge in [-0.2, -0.15) is 0 Å². The minimum absolute atomic E-state index is 0.0802. The van der Waals surface area contributed by atoms with Gasteiger partial charge in [-0.1, -0.05) is 24.3 Å². The second-order valence-electron chi connectivity index (χ2n) is 4.27.